The van der Waals surface area contributed by atoms with Gasteiger partial charge in [0, 0.05) is 26.5 Å². The number of halogens is 1. The van der Waals surface area contributed by atoms with Crippen molar-refractivity contribution >= 4 is 22.6 Å². The van der Waals surface area contributed by atoms with Crippen molar-refractivity contribution in [1.29, 1.82) is 0 Å². The Morgan fingerprint density at radius 1 is 1.35 bits per heavy atom. The third kappa shape index (κ3) is 3.32. The van der Waals surface area contributed by atoms with E-state index in [9.17, 15) is 0 Å². The lowest BCUT2D eigenvalue weighted by Crippen LogP contribution is -2.24. The molecule has 1 unspecified atom stereocenters. The number of nitrogens with zero attached hydrogens (tertiary/aromatic N) is 2. The fourth-order valence-corrected chi connectivity index (χ4v) is 2.52. The highest BCUT2D eigenvalue weighted by Crippen LogP contribution is 2.19. The summed E-state index contributed by atoms with van der Waals surface area (Å²) in [4.78, 5) is 4.69. The molecule has 110 valence electrons. The van der Waals surface area contributed by atoms with Crippen LogP contribution in [0, 0.1) is 6.92 Å². The van der Waals surface area contributed by atoms with Crippen LogP contribution in [0.2, 0.25) is 0 Å². The van der Waals surface area contributed by atoms with E-state index in [0.29, 0.717) is 12.5 Å². The number of rotatable bonds is 7. The standard InChI is InChI=1S/C15H21ClN2O2/c1-11-4-5-14-13(8-11)17-15(6-7-16)18(14)9-12(20-3)10-19-2/h4-5,8,12H,6-7,9-10H2,1-3H3. The lowest BCUT2D eigenvalue weighted by atomic mass is 10.2. The molecule has 4 nitrogen and oxygen atoms in total. The molecule has 0 bridgehead atoms. The molecule has 0 saturated heterocycles. The highest BCUT2D eigenvalue weighted by atomic mass is 35.5. The zero-order valence-corrected chi connectivity index (χ0v) is 13.0. The normalized spacial score (nSPS) is 13.0. The van der Waals surface area contributed by atoms with Gasteiger partial charge < -0.3 is 14.0 Å². The van der Waals surface area contributed by atoms with Crippen molar-refractivity contribution in [2.24, 2.45) is 0 Å². The summed E-state index contributed by atoms with van der Waals surface area (Å²) in [6, 6.07) is 6.31. The fourth-order valence-electron chi connectivity index (χ4n) is 2.35. The van der Waals surface area contributed by atoms with E-state index in [1.54, 1.807) is 14.2 Å². The Morgan fingerprint density at radius 2 is 2.15 bits per heavy atom. The van der Waals surface area contributed by atoms with E-state index in [4.69, 9.17) is 26.1 Å². The number of imidazole rings is 1. The quantitative estimate of drug-likeness (QED) is 0.737. The highest BCUT2D eigenvalue weighted by molar-refractivity contribution is 6.17. The molecule has 1 aromatic carbocycles. The molecular weight excluding hydrogens is 276 g/mol. The molecule has 0 N–H and O–H groups in total. The van der Waals surface area contributed by atoms with Crippen molar-refractivity contribution in [2.45, 2.75) is 26.0 Å². The van der Waals surface area contributed by atoms with Crippen LogP contribution in [0.25, 0.3) is 11.0 Å². The van der Waals surface area contributed by atoms with Gasteiger partial charge in [-0.15, -0.1) is 11.6 Å². The summed E-state index contributed by atoms with van der Waals surface area (Å²) in [5, 5.41) is 0. The van der Waals surface area contributed by atoms with Crippen molar-refractivity contribution in [3.8, 4) is 0 Å². The summed E-state index contributed by atoms with van der Waals surface area (Å²) in [6.45, 7) is 3.35. The third-order valence-corrected chi connectivity index (χ3v) is 3.56. The first-order valence-electron chi connectivity index (χ1n) is 6.73. The summed E-state index contributed by atoms with van der Waals surface area (Å²) < 4.78 is 12.8. The summed E-state index contributed by atoms with van der Waals surface area (Å²) in [7, 11) is 3.38. The summed E-state index contributed by atoms with van der Waals surface area (Å²) in [6.07, 6.45) is 0.756. The monoisotopic (exact) mass is 296 g/mol. The van der Waals surface area contributed by atoms with Gasteiger partial charge in [0.2, 0.25) is 0 Å². The molecular formula is C15H21ClN2O2. The predicted octanol–water partition coefficient (Wildman–Crippen LogP) is 2.79. The molecule has 5 heteroatoms. The number of alkyl halides is 1. The van der Waals surface area contributed by atoms with E-state index in [-0.39, 0.29) is 6.10 Å². The first-order valence-corrected chi connectivity index (χ1v) is 7.26. The maximum absolute atomic E-state index is 5.89. The first-order chi connectivity index (χ1) is 9.69. The Morgan fingerprint density at radius 3 is 2.80 bits per heavy atom. The van der Waals surface area contributed by atoms with Crippen LogP contribution in [0.3, 0.4) is 0 Å². The minimum Gasteiger partial charge on any atom is -0.382 e. The number of methoxy groups -OCH3 is 2. The second kappa shape index (κ2) is 7.07. The molecule has 2 aromatic rings. The molecule has 0 fully saturated rings. The van der Waals surface area contributed by atoms with Crippen LogP contribution in [0.15, 0.2) is 18.2 Å². The van der Waals surface area contributed by atoms with Gasteiger partial charge in [0.05, 0.1) is 30.3 Å². The van der Waals surface area contributed by atoms with Gasteiger partial charge in [-0.05, 0) is 24.6 Å². The van der Waals surface area contributed by atoms with Crippen molar-refractivity contribution in [3.63, 3.8) is 0 Å². The van der Waals surface area contributed by atoms with Crippen LogP contribution in [-0.2, 0) is 22.4 Å². The lowest BCUT2D eigenvalue weighted by molar-refractivity contribution is 0.0186. The van der Waals surface area contributed by atoms with Gasteiger partial charge in [-0.2, -0.15) is 0 Å². The van der Waals surface area contributed by atoms with E-state index >= 15 is 0 Å². The number of aryl methyl sites for hydroxylation is 2. The molecule has 0 amide bonds. The van der Waals surface area contributed by atoms with Gasteiger partial charge in [0.15, 0.2) is 0 Å². The molecule has 0 aliphatic heterocycles. The van der Waals surface area contributed by atoms with Crippen molar-refractivity contribution in [1.82, 2.24) is 9.55 Å². The van der Waals surface area contributed by atoms with E-state index in [0.717, 1.165) is 29.8 Å². The van der Waals surface area contributed by atoms with Gasteiger partial charge in [-0.25, -0.2) is 4.98 Å². The second-order valence-electron chi connectivity index (χ2n) is 4.88. The van der Waals surface area contributed by atoms with Gasteiger partial charge in [0.1, 0.15) is 5.82 Å². The fraction of sp³-hybridized carbons (Fsp3) is 0.533. The van der Waals surface area contributed by atoms with Gasteiger partial charge in [-0.3, -0.25) is 0 Å². The largest absolute Gasteiger partial charge is 0.382 e. The minimum atomic E-state index is 0.00720. The molecule has 1 atom stereocenters. The topological polar surface area (TPSA) is 36.3 Å². The van der Waals surface area contributed by atoms with Crippen LogP contribution in [-0.4, -0.2) is 42.4 Å². The number of aromatic nitrogens is 2. The molecule has 0 aliphatic carbocycles. The molecule has 0 radical (unpaired) electrons. The van der Waals surface area contributed by atoms with Crippen molar-refractivity contribution < 1.29 is 9.47 Å². The average molecular weight is 297 g/mol. The number of ether oxygens (including phenoxy) is 2. The van der Waals surface area contributed by atoms with Crippen LogP contribution in [0.4, 0.5) is 0 Å². The van der Waals surface area contributed by atoms with E-state index in [2.05, 4.69) is 29.7 Å². The Balaban J connectivity index is 2.39. The highest BCUT2D eigenvalue weighted by Gasteiger charge is 2.15. The SMILES string of the molecule is COCC(Cn1c(CCCl)nc2cc(C)ccc21)OC. The maximum atomic E-state index is 5.89. The second-order valence-corrected chi connectivity index (χ2v) is 5.26. The summed E-state index contributed by atoms with van der Waals surface area (Å²) in [5.74, 6) is 1.56. The molecule has 0 spiro atoms. The minimum absolute atomic E-state index is 0.00720. The Hall–Kier alpha value is -1.10. The van der Waals surface area contributed by atoms with Crippen LogP contribution < -0.4 is 0 Å². The third-order valence-electron chi connectivity index (χ3n) is 3.37. The summed E-state index contributed by atoms with van der Waals surface area (Å²) >= 11 is 5.89. The van der Waals surface area contributed by atoms with Crippen LogP contribution in [0.1, 0.15) is 11.4 Å². The molecule has 20 heavy (non-hydrogen) atoms. The molecule has 0 saturated carbocycles. The average Bonchev–Trinajstić information content (AvgIpc) is 2.75. The zero-order chi connectivity index (χ0) is 14.5. The predicted molar refractivity (Wildman–Crippen MR) is 81.6 cm³/mol. The first kappa shape index (κ1) is 15.3. The smallest absolute Gasteiger partial charge is 0.111 e. The molecule has 2 rings (SSSR count). The molecule has 1 aromatic heterocycles. The van der Waals surface area contributed by atoms with Crippen LogP contribution >= 0.6 is 11.6 Å². The maximum Gasteiger partial charge on any atom is 0.111 e. The van der Waals surface area contributed by atoms with Gasteiger partial charge >= 0.3 is 0 Å². The Kier molecular flexibility index (Phi) is 5.40. The number of hydrogen-bond donors (Lipinski definition) is 0. The summed E-state index contributed by atoms with van der Waals surface area (Å²) in [5.41, 5.74) is 3.34. The van der Waals surface area contributed by atoms with Gasteiger partial charge in [0.25, 0.3) is 0 Å². The Bertz CT molecular complexity index is 568. The zero-order valence-electron chi connectivity index (χ0n) is 12.2. The molecule has 1 heterocycles. The number of benzene rings is 1. The van der Waals surface area contributed by atoms with Crippen LogP contribution in [0.5, 0.6) is 0 Å². The number of fused-ring (bicyclic) bond motifs is 1. The number of hydrogen-bond acceptors (Lipinski definition) is 3. The van der Waals surface area contributed by atoms with Gasteiger partial charge in [-0.1, -0.05) is 6.07 Å². The van der Waals surface area contributed by atoms with Crippen molar-refractivity contribution in [3.05, 3.63) is 29.6 Å². The van der Waals surface area contributed by atoms with E-state index in [1.165, 1.54) is 5.56 Å². The molecule has 0 aliphatic rings. The lowest BCUT2D eigenvalue weighted by Gasteiger charge is -2.17. The van der Waals surface area contributed by atoms with Crippen molar-refractivity contribution in [2.75, 3.05) is 26.7 Å². The Labute approximate surface area is 124 Å². The van der Waals surface area contributed by atoms with E-state index in [1.807, 2.05) is 0 Å². The van der Waals surface area contributed by atoms with E-state index < -0.39 is 0 Å².